The fourth-order valence-electron chi connectivity index (χ4n) is 5.60. The molecule has 0 bridgehead atoms. The van der Waals surface area contributed by atoms with Crippen LogP contribution in [0.25, 0.3) is 48.6 Å². The summed E-state index contributed by atoms with van der Waals surface area (Å²) in [6.07, 6.45) is 17.6. The smallest absolute Gasteiger partial charge is 0.0132 e. The molecule has 0 aliphatic heterocycles. The molecule has 0 heterocycles. The second-order valence-electron chi connectivity index (χ2n) is 15.0. The summed E-state index contributed by atoms with van der Waals surface area (Å²) in [5, 5.41) is 0. The second kappa shape index (κ2) is 14.9. The molecule has 5 aromatic carbocycles. The van der Waals surface area contributed by atoms with Crippen molar-refractivity contribution in [2.45, 2.75) is 66.2 Å². The number of rotatable bonds is 8. The van der Waals surface area contributed by atoms with Crippen molar-refractivity contribution in [2.24, 2.45) is 0 Å². The van der Waals surface area contributed by atoms with Crippen molar-refractivity contribution in [3.8, 4) is 0 Å². The van der Waals surface area contributed by atoms with Crippen LogP contribution in [-0.4, -0.2) is 0 Å². The van der Waals surface area contributed by atoms with Gasteiger partial charge in [0.1, 0.15) is 0 Å². The topological polar surface area (TPSA) is 0 Å². The lowest BCUT2D eigenvalue weighted by Crippen LogP contribution is -2.10. The van der Waals surface area contributed by atoms with Crippen LogP contribution >= 0.6 is 0 Å². The van der Waals surface area contributed by atoms with E-state index >= 15 is 0 Å². The molecule has 5 aromatic rings. The molecule has 0 amide bonds. The van der Waals surface area contributed by atoms with E-state index in [1.54, 1.807) is 0 Å². The van der Waals surface area contributed by atoms with Crippen LogP contribution < -0.4 is 0 Å². The summed E-state index contributed by atoms with van der Waals surface area (Å²) >= 11 is 0. The molecule has 0 spiro atoms. The molecule has 0 unspecified atom stereocenters. The van der Waals surface area contributed by atoms with Crippen LogP contribution in [0, 0.1) is 13.8 Å². The minimum Gasteiger partial charge on any atom is -0.0579 e. The SMILES string of the molecule is Cc1cc(/C=C/c2ccc(/C=C/c3ccc(C(C)(C)C)cc3)cc2)c(C)cc1/C=C/c1ccc(/C=C/c2ccc(C(C)(C)C)cc2)cc1. The van der Waals surface area contributed by atoms with Gasteiger partial charge in [0.05, 0.1) is 0 Å². The molecule has 242 valence electrons. The van der Waals surface area contributed by atoms with Gasteiger partial charge in [-0.05, 0) is 91.4 Å². The molecule has 0 aliphatic rings. The van der Waals surface area contributed by atoms with E-state index in [2.05, 4.69) is 213 Å². The molecule has 48 heavy (non-hydrogen) atoms. The summed E-state index contributed by atoms with van der Waals surface area (Å²) in [5.41, 5.74) is 15.3. The summed E-state index contributed by atoms with van der Waals surface area (Å²) in [7, 11) is 0. The Bertz CT molecular complexity index is 1780. The average Bonchev–Trinajstić information content (AvgIpc) is 3.06. The highest BCUT2D eigenvalue weighted by Gasteiger charge is 2.13. The standard InChI is InChI=1S/C48H50/c1-35-33-44(28-22-40-17-11-38(12-18-40)14-20-42-25-31-46(32-26-42)48(6,7)8)36(2)34-43(35)27-21-39-15-9-37(10-16-39)13-19-41-23-29-45(30-24-41)47(3,4)5/h9-34H,1-8H3/b19-13+,20-14+,27-21+,28-22+. The van der Waals surface area contributed by atoms with E-state index in [0.29, 0.717) is 0 Å². The molecule has 0 fully saturated rings. The molecule has 5 rings (SSSR count). The van der Waals surface area contributed by atoms with Gasteiger partial charge in [0.25, 0.3) is 0 Å². The van der Waals surface area contributed by atoms with Crippen LogP contribution in [0.1, 0.15) is 108 Å². The Labute approximate surface area is 289 Å². The van der Waals surface area contributed by atoms with Crippen LogP contribution in [-0.2, 0) is 10.8 Å². The van der Waals surface area contributed by atoms with Gasteiger partial charge in [0, 0.05) is 0 Å². The summed E-state index contributed by atoms with van der Waals surface area (Å²) in [6, 6.07) is 39.7. The zero-order chi connectivity index (χ0) is 34.3. The van der Waals surface area contributed by atoms with E-state index in [1.165, 1.54) is 66.8 Å². The molecule has 0 atom stereocenters. The molecule has 0 aliphatic carbocycles. The Morgan fingerprint density at radius 3 is 0.750 bits per heavy atom. The Hall–Kier alpha value is -4.94. The Kier molecular flexibility index (Phi) is 10.7. The summed E-state index contributed by atoms with van der Waals surface area (Å²) in [5.74, 6) is 0. The molecule has 0 aromatic heterocycles. The lowest BCUT2D eigenvalue weighted by Gasteiger charge is -2.18. The Morgan fingerprint density at radius 2 is 0.521 bits per heavy atom. The number of benzene rings is 5. The third kappa shape index (κ3) is 9.55. The lowest BCUT2D eigenvalue weighted by molar-refractivity contribution is 0.590. The van der Waals surface area contributed by atoms with Gasteiger partial charge < -0.3 is 0 Å². The lowest BCUT2D eigenvalue weighted by atomic mass is 9.86. The van der Waals surface area contributed by atoms with Gasteiger partial charge in [-0.2, -0.15) is 0 Å². The van der Waals surface area contributed by atoms with Crippen LogP contribution in [0.2, 0.25) is 0 Å². The molecule has 0 N–H and O–H groups in total. The minimum absolute atomic E-state index is 0.176. The maximum Gasteiger partial charge on any atom is -0.0132 e. The predicted molar refractivity (Wildman–Crippen MR) is 215 cm³/mol. The van der Waals surface area contributed by atoms with Gasteiger partial charge in [-0.15, -0.1) is 0 Å². The van der Waals surface area contributed by atoms with Crippen molar-refractivity contribution in [1.82, 2.24) is 0 Å². The van der Waals surface area contributed by atoms with Crippen molar-refractivity contribution in [1.29, 1.82) is 0 Å². The number of hydrogen-bond donors (Lipinski definition) is 0. The average molecular weight is 627 g/mol. The van der Waals surface area contributed by atoms with Gasteiger partial charge >= 0.3 is 0 Å². The van der Waals surface area contributed by atoms with Crippen LogP contribution in [0.15, 0.2) is 109 Å². The fourth-order valence-corrected chi connectivity index (χ4v) is 5.60. The van der Waals surface area contributed by atoms with Crippen LogP contribution in [0.3, 0.4) is 0 Å². The Morgan fingerprint density at radius 1 is 0.312 bits per heavy atom. The highest BCUT2D eigenvalue weighted by Crippen LogP contribution is 2.25. The summed E-state index contributed by atoms with van der Waals surface area (Å²) in [6.45, 7) is 17.9. The first-order valence-electron chi connectivity index (χ1n) is 17.1. The maximum atomic E-state index is 2.29. The first-order chi connectivity index (χ1) is 22.8. The Balaban J connectivity index is 1.18. The van der Waals surface area contributed by atoms with Crippen molar-refractivity contribution >= 4 is 48.6 Å². The molecule has 0 nitrogen and oxygen atoms in total. The second-order valence-corrected chi connectivity index (χ2v) is 15.0. The van der Waals surface area contributed by atoms with E-state index in [-0.39, 0.29) is 10.8 Å². The van der Waals surface area contributed by atoms with E-state index in [9.17, 15) is 0 Å². The van der Waals surface area contributed by atoms with Crippen molar-refractivity contribution in [3.05, 3.63) is 176 Å². The zero-order valence-corrected chi connectivity index (χ0v) is 30.0. The quantitative estimate of drug-likeness (QED) is 0.150. The molecule has 0 heteroatoms. The van der Waals surface area contributed by atoms with Gasteiger partial charge in [0.2, 0.25) is 0 Å². The maximum absolute atomic E-state index is 2.29. The summed E-state index contributed by atoms with van der Waals surface area (Å²) < 4.78 is 0. The summed E-state index contributed by atoms with van der Waals surface area (Å²) in [4.78, 5) is 0. The first kappa shape index (κ1) is 34.4. The number of hydrogen-bond acceptors (Lipinski definition) is 0. The van der Waals surface area contributed by atoms with Crippen LogP contribution in [0.5, 0.6) is 0 Å². The molecular formula is C48H50. The molecule has 0 saturated carbocycles. The predicted octanol–water partition coefficient (Wildman–Crippen LogP) is 13.6. The van der Waals surface area contributed by atoms with Gasteiger partial charge in [-0.1, -0.05) is 199 Å². The van der Waals surface area contributed by atoms with Gasteiger partial charge in [-0.3, -0.25) is 0 Å². The van der Waals surface area contributed by atoms with E-state index < -0.39 is 0 Å². The fraction of sp³-hybridized carbons (Fsp3) is 0.208. The first-order valence-corrected chi connectivity index (χ1v) is 17.1. The highest BCUT2D eigenvalue weighted by molar-refractivity contribution is 5.77. The van der Waals surface area contributed by atoms with E-state index in [0.717, 1.165) is 0 Å². The van der Waals surface area contributed by atoms with Crippen molar-refractivity contribution in [3.63, 3.8) is 0 Å². The zero-order valence-electron chi connectivity index (χ0n) is 30.0. The third-order valence-corrected chi connectivity index (χ3v) is 8.93. The molecule has 0 saturated heterocycles. The highest BCUT2D eigenvalue weighted by atomic mass is 14.2. The van der Waals surface area contributed by atoms with Gasteiger partial charge in [0.15, 0.2) is 0 Å². The monoisotopic (exact) mass is 626 g/mol. The van der Waals surface area contributed by atoms with Crippen LogP contribution in [0.4, 0.5) is 0 Å². The van der Waals surface area contributed by atoms with Crippen molar-refractivity contribution < 1.29 is 0 Å². The van der Waals surface area contributed by atoms with E-state index in [4.69, 9.17) is 0 Å². The van der Waals surface area contributed by atoms with Crippen molar-refractivity contribution in [2.75, 3.05) is 0 Å². The number of aryl methyl sites for hydroxylation is 2. The minimum atomic E-state index is 0.176. The van der Waals surface area contributed by atoms with E-state index in [1.807, 2.05) is 0 Å². The molecular weight excluding hydrogens is 577 g/mol. The largest absolute Gasteiger partial charge is 0.0579 e. The molecule has 0 radical (unpaired) electrons. The van der Waals surface area contributed by atoms with Gasteiger partial charge in [-0.25, -0.2) is 0 Å². The normalized spacial score (nSPS) is 12.7. The third-order valence-electron chi connectivity index (χ3n) is 8.93.